The number of halogens is 1. The number of methoxy groups -OCH3 is 1. The molecule has 2 N–H and O–H groups in total. The summed E-state index contributed by atoms with van der Waals surface area (Å²) in [5.41, 5.74) is 0.282. The van der Waals surface area contributed by atoms with Crippen LogP contribution >= 0.6 is 0 Å². The quantitative estimate of drug-likeness (QED) is 0.813. The zero-order valence-corrected chi connectivity index (χ0v) is 15.2. The molecular weight excluding hydrogens is 357 g/mol. The Morgan fingerprint density at radius 2 is 2.30 bits per heavy atom. The van der Waals surface area contributed by atoms with Crippen molar-refractivity contribution < 1.29 is 28.7 Å². The molecule has 0 bridgehead atoms. The average molecular weight is 379 g/mol. The lowest BCUT2D eigenvalue weighted by Gasteiger charge is -2.21. The summed E-state index contributed by atoms with van der Waals surface area (Å²) in [5.74, 6) is -1.23. The van der Waals surface area contributed by atoms with Gasteiger partial charge in [-0.3, -0.25) is 4.79 Å². The number of aliphatic carboxylic acids is 1. The normalized spacial score (nSPS) is 24.3. The molecule has 0 radical (unpaired) electrons. The monoisotopic (exact) mass is 379 g/mol. The molecule has 1 saturated heterocycles. The van der Waals surface area contributed by atoms with Crippen molar-refractivity contribution in [3.05, 3.63) is 29.6 Å². The lowest BCUT2D eigenvalue weighted by atomic mass is 9.90. The first kappa shape index (κ1) is 18.9. The Balaban J connectivity index is 1.49. The van der Waals surface area contributed by atoms with Crippen molar-refractivity contribution in [1.82, 2.24) is 10.2 Å². The van der Waals surface area contributed by atoms with Crippen molar-refractivity contribution in [1.29, 1.82) is 0 Å². The second-order valence-corrected chi connectivity index (χ2v) is 7.04. The number of amides is 2. The Labute approximate surface area is 155 Å². The van der Waals surface area contributed by atoms with Gasteiger partial charge in [-0.2, -0.15) is 0 Å². The number of carboxylic acids is 1. The number of benzene rings is 1. The Hall–Kier alpha value is -2.84. The van der Waals surface area contributed by atoms with E-state index in [4.69, 9.17) is 9.57 Å². The highest BCUT2D eigenvalue weighted by Crippen LogP contribution is 2.30. The summed E-state index contributed by atoms with van der Waals surface area (Å²) in [7, 11) is 1.40. The SMILES string of the molecule is COc1ccc(C2=NOC(CNC(=O)N3CCC(C)(C(=O)O)C3)C2)cc1F. The standard InChI is InChI=1S/C18H22FN3O5/c1-18(16(23)24)5-6-22(10-18)17(25)20-9-12-8-14(21-27-12)11-3-4-15(26-2)13(19)7-11/h3-4,7,12H,5-6,8-10H2,1-2H3,(H,20,25)(H,23,24). The number of carbonyl (C=O) groups is 2. The lowest BCUT2D eigenvalue weighted by molar-refractivity contribution is -0.147. The fourth-order valence-corrected chi connectivity index (χ4v) is 3.18. The van der Waals surface area contributed by atoms with E-state index in [0.29, 0.717) is 30.7 Å². The predicted octanol–water partition coefficient (Wildman–Crippen LogP) is 1.83. The number of carboxylic acid groups (broad SMARTS) is 1. The van der Waals surface area contributed by atoms with Crippen LogP contribution in [0, 0.1) is 11.2 Å². The minimum atomic E-state index is -0.907. The third-order valence-electron chi connectivity index (χ3n) is 4.98. The van der Waals surface area contributed by atoms with E-state index >= 15 is 0 Å². The molecule has 2 atom stereocenters. The number of likely N-dealkylation sites (tertiary alicyclic amines) is 1. The molecule has 9 heteroatoms. The number of nitrogens with zero attached hydrogens (tertiary/aromatic N) is 2. The van der Waals surface area contributed by atoms with E-state index in [1.165, 1.54) is 24.1 Å². The van der Waals surface area contributed by atoms with Crippen molar-refractivity contribution in [2.45, 2.75) is 25.9 Å². The minimum Gasteiger partial charge on any atom is -0.494 e. The molecule has 2 heterocycles. The van der Waals surface area contributed by atoms with Crippen molar-refractivity contribution in [2.24, 2.45) is 10.6 Å². The number of hydrogen-bond donors (Lipinski definition) is 2. The zero-order valence-electron chi connectivity index (χ0n) is 15.2. The van der Waals surface area contributed by atoms with Gasteiger partial charge in [-0.15, -0.1) is 0 Å². The van der Waals surface area contributed by atoms with Gasteiger partial charge in [0.15, 0.2) is 17.7 Å². The Kier molecular flexibility index (Phi) is 5.20. The number of rotatable bonds is 5. The van der Waals surface area contributed by atoms with E-state index in [1.54, 1.807) is 13.0 Å². The number of oxime groups is 1. The first-order valence-electron chi connectivity index (χ1n) is 8.65. The van der Waals surface area contributed by atoms with E-state index in [1.807, 2.05) is 0 Å². The molecule has 1 aromatic rings. The Bertz CT molecular complexity index is 784. The Morgan fingerprint density at radius 1 is 1.52 bits per heavy atom. The summed E-state index contributed by atoms with van der Waals surface area (Å²) in [4.78, 5) is 30.3. The maximum atomic E-state index is 13.8. The molecule has 1 aromatic carbocycles. The molecule has 2 amide bonds. The van der Waals surface area contributed by atoms with E-state index in [0.717, 1.165) is 0 Å². The predicted molar refractivity (Wildman–Crippen MR) is 94.3 cm³/mol. The second kappa shape index (κ2) is 7.42. The van der Waals surface area contributed by atoms with Crippen LogP contribution in [0.3, 0.4) is 0 Å². The van der Waals surface area contributed by atoms with Crippen molar-refractivity contribution in [3.63, 3.8) is 0 Å². The van der Waals surface area contributed by atoms with Gasteiger partial charge >= 0.3 is 12.0 Å². The van der Waals surface area contributed by atoms with E-state index in [9.17, 15) is 19.1 Å². The molecule has 0 aromatic heterocycles. The average Bonchev–Trinajstić information content (AvgIpc) is 3.27. The van der Waals surface area contributed by atoms with Gasteiger partial charge in [0.05, 0.1) is 24.8 Å². The molecule has 2 unspecified atom stereocenters. The molecule has 0 saturated carbocycles. The van der Waals surface area contributed by atoms with Crippen LogP contribution in [0.25, 0.3) is 0 Å². The highest BCUT2D eigenvalue weighted by molar-refractivity contribution is 6.01. The van der Waals surface area contributed by atoms with Crippen LogP contribution in [0.1, 0.15) is 25.3 Å². The van der Waals surface area contributed by atoms with Gasteiger partial charge in [0, 0.05) is 25.1 Å². The van der Waals surface area contributed by atoms with E-state index < -0.39 is 17.2 Å². The van der Waals surface area contributed by atoms with Gasteiger partial charge < -0.3 is 24.9 Å². The summed E-state index contributed by atoms with van der Waals surface area (Å²) in [6.07, 6.45) is 0.493. The number of hydrogen-bond acceptors (Lipinski definition) is 5. The molecular formula is C18H22FN3O5. The van der Waals surface area contributed by atoms with Crippen LogP contribution in [0.4, 0.5) is 9.18 Å². The van der Waals surface area contributed by atoms with Gasteiger partial charge in [0.1, 0.15) is 0 Å². The van der Waals surface area contributed by atoms with Crippen LogP contribution in [0.5, 0.6) is 5.75 Å². The van der Waals surface area contributed by atoms with Crippen LogP contribution in [0.15, 0.2) is 23.4 Å². The second-order valence-electron chi connectivity index (χ2n) is 7.04. The van der Waals surface area contributed by atoms with Gasteiger partial charge in [0.25, 0.3) is 0 Å². The summed E-state index contributed by atoms with van der Waals surface area (Å²) in [6.45, 7) is 2.43. The molecule has 3 rings (SSSR count). The third kappa shape index (κ3) is 3.96. The van der Waals surface area contributed by atoms with Crippen molar-refractivity contribution >= 4 is 17.7 Å². The van der Waals surface area contributed by atoms with Crippen molar-refractivity contribution in [2.75, 3.05) is 26.7 Å². The molecule has 1 fully saturated rings. The fourth-order valence-electron chi connectivity index (χ4n) is 3.18. The highest BCUT2D eigenvalue weighted by atomic mass is 19.1. The summed E-state index contributed by atoms with van der Waals surface area (Å²) >= 11 is 0. The molecule has 0 spiro atoms. The maximum absolute atomic E-state index is 13.8. The minimum absolute atomic E-state index is 0.154. The fraction of sp³-hybridized carbons (Fsp3) is 0.500. The number of urea groups is 1. The first-order chi connectivity index (χ1) is 12.8. The van der Waals surface area contributed by atoms with Gasteiger partial charge in [-0.1, -0.05) is 5.16 Å². The number of ether oxygens (including phenoxy) is 1. The van der Waals surface area contributed by atoms with Crippen LogP contribution in [0.2, 0.25) is 0 Å². The first-order valence-corrected chi connectivity index (χ1v) is 8.65. The smallest absolute Gasteiger partial charge is 0.317 e. The third-order valence-corrected chi connectivity index (χ3v) is 4.98. The molecule has 8 nitrogen and oxygen atoms in total. The number of nitrogens with one attached hydrogen (secondary N) is 1. The van der Waals surface area contributed by atoms with Gasteiger partial charge in [0.2, 0.25) is 0 Å². The van der Waals surface area contributed by atoms with Crippen LogP contribution < -0.4 is 10.1 Å². The maximum Gasteiger partial charge on any atom is 0.317 e. The molecule has 2 aliphatic heterocycles. The topological polar surface area (TPSA) is 100 Å². The van der Waals surface area contributed by atoms with Crippen molar-refractivity contribution in [3.8, 4) is 5.75 Å². The molecule has 2 aliphatic rings. The molecule has 27 heavy (non-hydrogen) atoms. The zero-order chi connectivity index (χ0) is 19.6. The summed E-state index contributed by atoms with van der Waals surface area (Å²) in [6, 6.07) is 4.23. The highest BCUT2D eigenvalue weighted by Gasteiger charge is 2.42. The van der Waals surface area contributed by atoms with Crippen LogP contribution in [-0.2, 0) is 9.63 Å². The number of carbonyl (C=O) groups excluding carboxylic acids is 1. The largest absolute Gasteiger partial charge is 0.494 e. The summed E-state index contributed by atoms with van der Waals surface area (Å²) < 4.78 is 18.7. The lowest BCUT2D eigenvalue weighted by Crippen LogP contribution is -2.43. The van der Waals surface area contributed by atoms with Gasteiger partial charge in [-0.05, 0) is 31.5 Å². The van der Waals surface area contributed by atoms with Crippen LogP contribution in [-0.4, -0.2) is 60.6 Å². The molecule has 146 valence electrons. The van der Waals surface area contributed by atoms with Gasteiger partial charge in [-0.25, -0.2) is 9.18 Å². The van der Waals surface area contributed by atoms with E-state index in [2.05, 4.69) is 10.5 Å². The molecule has 0 aliphatic carbocycles. The van der Waals surface area contributed by atoms with E-state index in [-0.39, 0.29) is 31.0 Å². The summed E-state index contributed by atoms with van der Waals surface area (Å²) in [5, 5.41) is 16.0. The Morgan fingerprint density at radius 3 is 2.93 bits per heavy atom.